The van der Waals surface area contributed by atoms with Crippen LogP contribution in [-0.4, -0.2) is 30.2 Å². The summed E-state index contributed by atoms with van der Waals surface area (Å²) in [7, 11) is 0. The van der Waals surface area contributed by atoms with E-state index < -0.39 is 17.9 Å². The first kappa shape index (κ1) is 17.6. The Kier molecular flexibility index (Phi) is 5.26. The highest BCUT2D eigenvalue weighted by Gasteiger charge is 2.28. The van der Waals surface area contributed by atoms with Gasteiger partial charge in [0.15, 0.2) is 0 Å². The van der Waals surface area contributed by atoms with Crippen LogP contribution in [0.15, 0.2) is 53.7 Å². The molecule has 0 radical (unpaired) electrons. The van der Waals surface area contributed by atoms with Crippen LogP contribution in [0.3, 0.4) is 0 Å². The van der Waals surface area contributed by atoms with E-state index >= 15 is 0 Å². The van der Waals surface area contributed by atoms with Crippen molar-refractivity contribution in [1.29, 1.82) is 0 Å². The van der Waals surface area contributed by atoms with Crippen molar-refractivity contribution in [2.45, 2.75) is 19.4 Å². The highest BCUT2D eigenvalue weighted by Crippen LogP contribution is 2.17. The average molecular weight is 355 g/mol. The lowest BCUT2D eigenvalue weighted by Gasteiger charge is -2.10. The Hall–Kier alpha value is -3.22. The molecule has 2 amide bonds. The van der Waals surface area contributed by atoms with E-state index in [1.54, 1.807) is 0 Å². The van der Waals surface area contributed by atoms with Crippen LogP contribution < -0.4 is 10.6 Å². The van der Waals surface area contributed by atoms with Gasteiger partial charge >= 0.3 is 0 Å². The van der Waals surface area contributed by atoms with Crippen molar-refractivity contribution in [2.75, 3.05) is 11.9 Å². The Morgan fingerprint density at radius 2 is 1.85 bits per heavy atom. The first-order valence-corrected chi connectivity index (χ1v) is 8.14. The molecule has 1 aliphatic rings. The van der Waals surface area contributed by atoms with Crippen LogP contribution in [0.1, 0.15) is 17.5 Å². The van der Waals surface area contributed by atoms with E-state index in [0.29, 0.717) is 17.8 Å². The van der Waals surface area contributed by atoms with Crippen LogP contribution in [-0.2, 0) is 14.4 Å². The van der Waals surface area contributed by atoms with Crippen molar-refractivity contribution >= 4 is 23.2 Å². The predicted molar refractivity (Wildman–Crippen MR) is 95.2 cm³/mol. The van der Waals surface area contributed by atoms with E-state index in [1.165, 1.54) is 24.3 Å². The smallest absolute Gasteiger partial charge is 0.264 e. The number of rotatable bonds is 5. The fourth-order valence-corrected chi connectivity index (χ4v) is 2.45. The lowest BCUT2D eigenvalue weighted by Crippen LogP contribution is -2.39. The molecule has 0 aliphatic carbocycles. The first-order valence-electron chi connectivity index (χ1n) is 8.14. The van der Waals surface area contributed by atoms with Gasteiger partial charge in [-0.1, -0.05) is 35.0 Å². The molecule has 0 saturated carbocycles. The minimum atomic E-state index is -0.759. The van der Waals surface area contributed by atoms with Gasteiger partial charge in [0.05, 0.1) is 12.3 Å². The van der Waals surface area contributed by atoms with Gasteiger partial charge in [-0.15, -0.1) is 0 Å². The van der Waals surface area contributed by atoms with Gasteiger partial charge < -0.3 is 15.5 Å². The van der Waals surface area contributed by atoms with Gasteiger partial charge in [0.1, 0.15) is 5.82 Å². The third-order valence-electron chi connectivity index (χ3n) is 3.90. The van der Waals surface area contributed by atoms with Crippen LogP contribution in [0.4, 0.5) is 10.1 Å². The molecular formula is C19H18FN3O3. The van der Waals surface area contributed by atoms with Gasteiger partial charge in [-0.05, 0) is 36.8 Å². The van der Waals surface area contributed by atoms with E-state index in [1.807, 2.05) is 31.2 Å². The van der Waals surface area contributed by atoms with Crippen molar-refractivity contribution in [3.05, 3.63) is 65.5 Å². The number of nitrogens with one attached hydrogen (secondary N) is 2. The summed E-state index contributed by atoms with van der Waals surface area (Å²) in [4.78, 5) is 29.2. The summed E-state index contributed by atoms with van der Waals surface area (Å²) in [5.41, 5.74) is 3.18. The summed E-state index contributed by atoms with van der Waals surface area (Å²) in [5.74, 6) is -1.22. The number of carbonyl (C=O) groups is 2. The molecule has 134 valence electrons. The number of hydrogen-bond donors (Lipinski definition) is 2. The lowest BCUT2D eigenvalue weighted by atomic mass is 10.0. The summed E-state index contributed by atoms with van der Waals surface area (Å²) in [6.45, 7) is 1.78. The molecule has 26 heavy (non-hydrogen) atoms. The molecule has 1 aliphatic heterocycles. The van der Waals surface area contributed by atoms with Crippen LogP contribution in [0.25, 0.3) is 0 Å². The predicted octanol–water partition coefficient (Wildman–Crippen LogP) is 2.38. The van der Waals surface area contributed by atoms with Crippen molar-refractivity contribution in [2.24, 2.45) is 5.16 Å². The normalized spacial score (nSPS) is 15.8. The molecule has 7 heteroatoms. The summed E-state index contributed by atoms with van der Waals surface area (Å²) < 4.78 is 12.8. The molecule has 0 saturated heterocycles. The Balaban J connectivity index is 1.46. The number of oxime groups is 1. The molecule has 3 rings (SSSR count). The third kappa shape index (κ3) is 4.44. The maximum absolute atomic E-state index is 12.8. The number of amides is 2. The molecule has 0 aromatic heterocycles. The van der Waals surface area contributed by atoms with Gasteiger partial charge in [0, 0.05) is 12.1 Å². The van der Waals surface area contributed by atoms with E-state index in [4.69, 9.17) is 4.84 Å². The summed E-state index contributed by atoms with van der Waals surface area (Å²) in [6, 6.07) is 13.1. The van der Waals surface area contributed by atoms with Crippen LogP contribution in [0, 0.1) is 12.7 Å². The molecule has 2 N–H and O–H groups in total. The second-order valence-electron chi connectivity index (χ2n) is 5.98. The molecular weight excluding hydrogens is 337 g/mol. The minimum Gasteiger partial charge on any atom is -0.382 e. The molecule has 0 spiro atoms. The number of nitrogens with zero attached hydrogens (tertiary/aromatic N) is 1. The maximum atomic E-state index is 12.8. The minimum absolute atomic E-state index is 0.212. The lowest BCUT2D eigenvalue weighted by molar-refractivity contribution is -0.132. The molecule has 0 unspecified atom stereocenters. The second kappa shape index (κ2) is 7.77. The number of benzene rings is 2. The summed E-state index contributed by atoms with van der Waals surface area (Å²) in [5, 5.41) is 9.04. The highest BCUT2D eigenvalue weighted by molar-refractivity contribution is 6.04. The topological polar surface area (TPSA) is 79.8 Å². The van der Waals surface area contributed by atoms with Crippen molar-refractivity contribution in [3.63, 3.8) is 0 Å². The molecule has 6 nitrogen and oxygen atoms in total. The van der Waals surface area contributed by atoms with E-state index in [2.05, 4.69) is 15.8 Å². The zero-order chi connectivity index (χ0) is 18.5. The van der Waals surface area contributed by atoms with E-state index in [-0.39, 0.29) is 12.4 Å². The standard InChI is InChI=1S/C19H18FN3O3/c1-12-2-4-13(5-3-12)16-10-17(26-23-16)19(25)21-11-18(24)22-15-8-6-14(20)7-9-15/h2-9,17H,10-11H2,1H3,(H,21,25)(H,22,24)/t17-/m0/s1. The van der Waals surface area contributed by atoms with Gasteiger partial charge in [-0.25, -0.2) is 4.39 Å². The number of anilines is 1. The van der Waals surface area contributed by atoms with Crippen LogP contribution in [0.2, 0.25) is 0 Å². The van der Waals surface area contributed by atoms with Crippen LogP contribution in [0.5, 0.6) is 0 Å². The van der Waals surface area contributed by atoms with Crippen molar-refractivity contribution < 1.29 is 18.8 Å². The number of halogens is 1. The van der Waals surface area contributed by atoms with Gasteiger partial charge in [0.25, 0.3) is 5.91 Å². The van der Waals surface area contributed by atoms with Crippen molar-refractivity contribution in [1.82, 2.24) is 5.32 Å². The third-order valence-corrected chi connectivity index (χ3v) is 3.90. The Labute approximate surface area is 150 Å². The molecule has 1 heterocycles. The maximum Gasteiger partial charge on any atom is 0.264 e. The highest BCUT2D eigenvalue weighted by atomic mass is 19.1. The van der Waals surface area contributed by atoms with Gasteiger partial charge in [0.2, 0.25) is 12.0 Å². The molecule has 1 atom stereocenters. The Morgan fingerprint density at radius 1 is 1.15 bits per heavy atom. The molecule has 0 bridgehead atoms. The van der Waals surface area contributed by atoms with E-state index in [0.717, 1.165) is 11.1 Å². The summed E-state index contributed by atoms with van der Waals surface area (Å²) >= 11 is 0. The largest absolute Gasteiger partial charge is 0.382 e. The number of aryl methyl sites for hydroxylation is 1. The van der Waals surface area contributed by atoms with Gasteiger partial charge in [-0.3, -0.25) is 9.59 Å². The van der Waals surface area contributed by atoms with Crippen molar-refractivity contribution in [3.8, 4) is 0 Å². The molecule has 0 fully saturated rings. The molecule has 2 aromatic rings. The van der Waals surface area contributed by atoms with Crippen LogP contribution >= 0.6 is 0 Å². The van der Waals surface area contributed by atoms with Gasteiger partial charge in [-0.2, -0.15) is 0 Å². The number of hydrogen-bond acceptors (Lipinski definition) is 4. The average Bonchev–Trinajstić information content (AvgIpc) is 3.12. The quantitative estimate of drug-likeness (QED) is 0.864. The zero-order valence-electron chi connectivity index (χ0n) is 14.2. The number of carbonyl (C=O) groups excluding carboxylic acids is 2. The first-order chi connectivity index (χ1) is 12.5. The fourth-order valence-electron chi connectivity index (χ4n) is 2.45. The fraction of sp³-hybridized carbons (Fsp3) is 0.211. The monoisotopic (exact) mass is 355 g/mol. The Bertz CT molecular complexity index is 832. The SMILES string of the molecule is Cc1ccc(C2=NO[C@H](C(=O)NCC(=O)Nc3ccc(F)cc3)C2)cc1. The summed E-state index contributed by atoms with van der Waals surface area (Å²) in [6.07, 6.45) is -0.418. The van der Waals surface area contributed by atoms with E-state index in [9.17, 15) is 14.0 Å². The second-order valence-corrected chi connectivity index (χ2v) is 5.98. The molecule has 2 aromatic carbocycles. The Morgan fingerprint density at radius 3 is 2.54 bits per heavy atom. The zero-order valence-corrected chi connectivity index (χ0v) is 14.2.